The molecule has 1 aromatic heterocycles. The molecule has 7 nitrogen and oxygen atoms in total. The van der Waals surface area contributed by atoms with Gasteiger partial charge in [0.25, 0.3) is 0 Å². The molecule has 4 atom stereocenters. The molecule has 1 aromatic rings. The molecule has 1 fully saturated rings. The summed E-state index contributed by atoms with van der Waals surface area (Å²) in [6.07, 6.45) is 2.44. The first-order valence-corrected chi connectivity index (χ1v) is 6.55. The fourth-order valence-corrected chi connectivity index (χ4v) is 3.05. The van der Waals surface area contributed by atoms with E-state index in [9.17, 15) is 14.7 Å². The van der Waals surface area contributed by atoms with Crippen LogP contribution in [0.15, 0.2) is 12.2 Å². The third kappa shape index (κ3) is 2.02. The molecule has 0 spiro atoms. The lowest BCUT2D eigenvalue weighted by atomic mass is 9.82. The van der Waals surface area contributed by atoms with Gasteiger partial charge >= 0.3 is 5.97 Å². The number of aliphatic carboxylic acids is 1. The van der Waals surface area contributed by atoms with Crippen LogP contribution in [0.1, 0.15) is 5.01 Å². The first kappa shape index (κ1) is 12.2. The monoisotopic (exact) mass is 281 g/mol. The summed E-state index contributed by atoms with van der Waals surface area (Å²) >= 11 is 1.24. The zero-order valence-corrected chi connectivity index (χ0v) is 10.8. The van der Waals surface area contributed by atoms with Gasteiger partial charge in [0, 0.05) is 0 Å². The second-order valence-electron chi connectivity index (χ2n) is 4.46. The van der Waals surface area contributed by atoms with E-state index in [4.69, 9.17) is 4.74 Å². The highest BCUT2D eigenvalue weighted by Crippen LogP contribution is 2.39. The molecule has 2 N–H and O–H groups in total. The summed E-state index contributed by atoms with van der Waals surface area (Å²) in [7, 11) is 0. The number of hydrogen-bond donors (Lipinski definition) is 2. The molecule has 1 amide bonds. The Balaban J connectivity index is 1.79. The molecule has 0 aromatic carbocycles. The van der Waals surface area contributed by atoms with Gasteiger partial charge in [-0.15, -0.1) is 10.2 Å². The third-order valence-corrected chi connectivity index (χ3v) is 4.00. The molecule has 0 aliphatic carbocycles. The number of ether oxygens (including phenoxy) is 1. The van der Waals surface area contributed by atoms with Crippen LogP contribution in [0.2, 0.25) is 0 Å². The topological polar surface area (TPSA) is 101 Å². The molecule has 2 aliphatic rings. The van der Waals surface area contributed by atoms with Crippen LogP contribution in [0, 0.1) is 18.8 Å². The highest BCUT2D eigenvalue weighted by molar-refractivity contribution is 7.15. The van der Waals surface area contributed by atoms with Crippen molar-refractivity contribution in [2.45, 2.75) is 19.1 Å². The number of aromatic nitrogens is 2. The Bertz CT molecular complexity index is 570. The molecule has 1 saturated heterocycles. The Labute approximate surface area is 112 Å². The van der Waals surface area contributed by atoms with Crippen molar-refractivity contribution in [1.82, 2.24) is 10.2 Å². The van der Waals surface area contributed by atoms with Gasteiger partial charge in [-0.25, -0.2) is 0 Å². The van der Waals surface area contributed by atoms with Crippen LogP contribution < -0.4 is 5.32 Å². The van der Waals surface area contributed by atoms with Crippen LogP contribution in [0.4, 0.5) is 5.13 Å². The van der Waals surface area contributed by atoms with E-state index in [0.29, 0.717) is 5.13 Å². The van der Waals surface area contributed by atoms with E-state index in [2.05, 4.69) is 15.5 Å². The van der Waals surface area contributed by atoms with Gasteiger partial charge in [0.05, 0.1) is 18.1 Å². The summed E-state index contributed by atoms with van der Waals surface area (Å²) in [6.45, 7) is 1.77. The number of carboxylic acid groups (broad SMARTS) is 1. The van der Waals surface area contributed by atoms with Crippen LogP contribution >= 0.6 is 11.3 Å². The molecule has 19 heavy (non-hydrogen) atoms. The van der Waals surface area contributed by atoms with Gasteiger partial charge in [0.15, 0.2) is 0 Å². The van der Waals surface area contributed by atoms with Gasteiger partial charge in [0.2, 0.25) is 11.0 Å². The van der Waals surface area contributed by atoms with Crippen LogP contribution in [-0.2, 0) is 14.3 Å². The standard InChI is InChI=1S/C11H11N3O4S/c1-4-13-14-11(19-4)12-9(15)7-5-2-3-6(18-5)8(7)10(16)17/h2-3,5-8H,1H3,(H,16,17)(H,12,14,15)/t5-,6-,7+,8+/m1/s1. The first-order chi connectivity index (χ1) is 9.06. The van der Waals surface area contributed by atoms with Crippen molar-refractivity contribution in [3.05, 3.63) is 17.2 Å². The molecule has 2 aliphatic heterocycles. The lowest BCUT2D eigenvalue weighted by Crippen LogP contribution is -2.39. The number of anilines is 1. The number of carbonyl (C=O) groups excluding carboxylic acids is 1. The van der Waals surface area contributed by atoms with Crippen molar-refractivity contribution in [3.63, 3.8) is 0 Å². The average Bonchev–Trinajstić information content (AvgIpc) is 3.03. The van der Waals surface area contributed by atoms with E-state index in [-0.39, 0.29) is 5.91 Å². The number of amides is 1. The fraction of sp³-hybridized carbons (Fsp3) is 0.455. The molecule has 3 heterocycles. The second-order valence-corrected chi connectivity index (χ2v) is 5.64. The van der Waals surface area contributed by atoms with E-state index in [1.54, 1.807) is 19.1 Å². The molecule has 0 unspecified atom stereocenters. The number of fused-ring (bicyclic) bond motifs is 2. The fourth-order valence-electron chi connectivity index (χ4n) is 2.45. The van der Waals surface area contributed by atoms with Crippen molar-refractivity contribution in [3.8, 4) is 0 Å². The smallest absolute Gasteiger partial charge is 0.310 e. The molecule has 2 bridgehead atoms. The Hall–Kier alpha value is -1.80. The summed E-state index contributed by atoms with van der Waals surface area (Å²) in [6, 6.07) is 0. The van der Waals surface area contributed by atoms with Crippen molar-refractivity contribution in [2.24, 2.45) is 11.8 Å². The minimum Gasteiger partial charge on any atom is -0.481 e. The Morgan fingerprint density at radius 3 is 2.58 bits per heavy atom. The zero-order valence-electron chi connectivity index (χ0n) is 9.94. The van der Waals surface area contributed by atoms with Gasteiger partial charge in [-0.05, 0) is 6.92 Å². The summed E-state index contributed by atoms with van der Waals surface area (Å²) in [5, 5.41) is 20.5. The van der Waals surface area contributed by atoms with Crippen LogP contribution in [0.25, 0.3) is 0 Å². The van der Waals surface area contributed by atoms with Gasteiger partial charge in [-0.2, -0.15) is 0 Å². The van der Waals surface area contributed by atoms with Gasteiger partial charge in [0.1, 0.15) is 10.9 Å². The summed E-state index contributed by atoms with van der Waals surface area (Å²) in [5.41, 5.74) is 0. The van der Waals surface area contributed by atoms with E-state index in [0.717, 1.165) is 5.01 Å². The number of nitrogens with zero attached hydrogens (tertiary/aromatic N) is 2. The predicted octanol–water partition coefficient (Wildman–Crippen LogP) is 0.439. The van der Waals surface area contributed by atoms with Crippen molar-refractivity contribution < 1.29 is 19.4 Å². The third-order valence-electron chi connectivity index (χ3n) is 3.24. The van der Waals surface area contributed by atoms with Crippen molar-refractivity contribution >= 4 is 28.3 Å². The summed E-state index contributed by atoms with van der Waals surface area (Å²) in [4.78, 5) is 23.4. The number of carboxylic acids is 1. The highest BCUT2D eigenvalue weighted by atomic mass is 32.1. The molecule has 3 rings (SSSR count). The number of nitrogens with one attached hydrogen (secondary N) is 1. The second kappa shape index (κ2) is 4.39. The van der Waals surface area contributed by atoms with Gasteiger partial charge in [-0.1, -0.05) is 23.5 Å². The van der Waals surface area contributed by atoms with Crippen molar-refractivity contribution in [1.29, 1.82) is 0 Å². The quantitative estimate of drug-likeness (QED) is 0.779. The number of hydrogen-bond acceptors (Lipinski definition) is 6. The van der Waals surface area contributed by atoms with E-state index in [1.807, 2.05) is 0 Å². The number of aryl methyl sites for hydroxylation is 1. The normalized spacial score (nSPS) is 31.6. The predicted molar refractivity (Wildman–Crippen MR) is 65.7 cm³/mol. The number of rotatable bonds is 3. The largest absolute Gasteiger partial charge is 0.481 e. The molecule has 100 valence electrons. The minimum absolute atomic E-state index is 0.374. The van der Waals surface area contributed by atoms with Gasteiger partial charge < -0.3 is 15.2 Å². The Morgan fingerprint density at radius 2 is 2.00 bits per heavy atom. The molecular formula is C11H11N3O4S. The zero-order chi connectivity index (χ0) is 13.6. The molecule has 0 radical (unpaired) electrons. The van der Waals surface area contributed by atoms with E-state index < -0.39 is 30.0 Å². The van der Waals surface area contributed by atoms with Gasteiger partial charge in [-0.3, -0.25) is 9.59 Å². The summed E-state index contributed by atoms with van der Waals surface area (Å²) in [5.74, 6) is -2.98. The Morgan fingerprint density at radius 1 is 1.32 bits per heavy atom. The lowest BCUT2D eigenvalue weighted by molar-refractivity contribution is -0.145. The van der Waals surface area contributed by atoms with E-state index in [1.165, 1.54) is 11.3 Å². The lowest BCUT2D eigenvalue weighted by Gasteiger charge is -2.20. The average molecular weight is 281 g/mol. The maximum Gasteiger partial charge on any atom is 0.310 e. The minimum atomic E-state index is -1.02. The van der Waals surface area contributed by atoms with Crippen LogP contribution in [0.3, 0.4) is 0 Å². The molecule has 0 saturated carbocycles. The maximum atomic E-state index is 12.2. The SMILES string of the molecule is Cc1nnc(NC(=O)[C@@H]2[C@@H](C(=O)O)[C@H]3C=C[C@H]2O3)s1. The van der Waals surface area contributed by atoms with Crippen LogP contribution in [-0.4, -0.2) is 39.4 Å². The Kier molecular flexibility index (Phi) is 2.83. The molecular weight excluding hydrogens is 270 g/mol. The molecule has 8 heteroatoms. The maximum absolute atomic E-state index is 12.2. The summed E-state index contributed by atoms with van der Waals surface area (Å²) < 4.78 is 5.44. The highest BCUT2D eigenvalue weighted by Gasteiger charge is 2.53. The van der Waals surface area contributed by atoms with Crippen LogP contribution in [0.5, 0.6) is 0 Å². The number of carbonyl (C=O) groups is 2. The first-order valence-electron chi connectivity index (χ1n) is 5.74. The van der Waals surface area contributed by atoms with E-state index >= 15 is 0 Å². The van der Waals surface area contributed by atoms with Crippen molar-refractivity contribution in [2.75, 3.05) is 5.32 Å².